The van der Waals surface area contributed by atoms with Crippen LogP contribution >= 0.6 is 0 Å². The van der Waals surface area contributed by atoms with E-state index in [9.17, 15) is 0 Å². The summed E-state index contributed by atoms with van der Waals surface area (Å²) in [5.74, 6) is 3.87. The van der Waals surface area contributed by atoms with Crippen LogP contribution in [0.3, 0.4) is 0 Å². The number of rotatable bonds is 3. The van der Waals surface area contributed by atoms with Crippen molar-refractivity contribution in [3.63, 3.8) is 0 Å². The Kier molecular flexibility index (Phi) is 6.46. The molecule has 4 aliphatic heterocycles. The molecule has 3 aromatic rings. The molecule has 3 saturated carbocycles. The summed E-state index contributed by atoms with van der Waals surface area (Å²) in [6.07, 6.45) is 12.4. The van der Waals surface area contributed by atoms with E-state index in [1.807, 2.05) is 0 Å². The smallest absolute Gasteiger partial charge is 0.204 e. The van der Waals surface area contributed by atoms with Crippen molar-refractivity contribution in [2.45, 2.75) is 112 Å². The third-order valence-corrected chi connectivity index (χ3v) is 13.3. The first kappa shape index (κ1) is 27.1. The fourth-order valence-corrected chi connectivity index (χ4v) is 11.7. The summed E-state index contributed by atoms with van der Waals surface area (Å²) in [5, 5.41) is 8.84. The van der Waals surface area contributed by atoms with Crippen molar-refractivity contribution < 1.29 is 0 Å². The van der Waals surface area contributed by atoms with E-state index in [2.05, 4.69) is 111 Å². The van der Waals surface area contributed by atoms with Crippen LogP contribution < -0.4 is 16.1 Å². The van der Waals surface area contributed by atoms with E-state index in [1.165, 1.54) is 80.3 Å². The van der Waals surface area contributed by atoms with Gasteiger partial charge in [0.25, 0.3) is 0 Å². The summed E-state index contributed by atoms with van der Waals surface area (Å²) in [5.41, 5.74) is 4.25. The van der Waals surface area contributed by atoms with Crippen LogP contribution in [0.25, 0.3) is 0 Å². The van der Waals surface area contributed by atoms with Gasteiger partial charge in [0.15, 0.2) is 5.96 Å². The van der Waals surface area contributed by atoms with Crippen LogP contribution in [-0.2, 0) is 0 Å². The van der Waals surface area contributed by atoms with Gasteiger partial charge in [-0.25, -0.2) is 4.99 Å². The van der Waals surface area contributed by atoms with Crippen molar-refractivity contribution in [3.8, 4) is 0 Å². The summed E-state index contributed by atoms with van der Waals surface area (Å²) < 4.78 is 0. The Morgan fingerprint density at radius 3 is 2.04 bits per heavy atom. The number of aliphatic imine (C=N–C) groups is 1. The van der Waals surface area contributed by atoms with Gasteiger partial charge in [-0.1, -0.05) is 129 Å². The first-order chi connectivity index (χ1) is 22.3. The van der Waals surface area contributed by atoms with Gasteiger partial charge in [0.1, 0.15) is 0 Å². The Morgan fingerprint density at radius 2 is 1.29 bits per heavy atom. The molecule has 45 heavy (non-hydrogen) atoms. The summed E-state index contributed by atoms with van der Waals surface area (Å²) in [6, 6.07) is 36.7. The second kappa shape index (κ2) is 10.7. The Labute approximate surface area is 269 Å². The maximum atomic E-state index is 5.76. The standard InChI is InChI=1S/C39H46BN5/c1-4-13-26(14-5-1)34-35(27-15-6-2-7-16-27)43-38-37(42-34)40(28-18-8-3-9-19-28)29-24-23-25-17-12-22-32-33(25)36(29)45(38)39-41-30-20-10-11-21-31(30)44(32)39/h1-9,13-16,18-19,25,29-38,42-43H,10-12,17,20-24H2. The zero-order valence-corrected chi connectivity index (χ0v) is 26.3. The largest absolute Gasteiger partial charge is 0.334 e. The summed E-state index contributed by atoms with van der Waals surface area (Å²) in [7, 11) is 0. The molecule has 11 atom stereocenters. The molecule has 11 unspecified atom stereocenters. The average molecular weight is 596 g/mol. The van der Waals surface area contributed by atoms with Crippen LogP contribution in [-0.4, -0.2) is 58.7 Å². The zero-order chi connectivity index (χ0) is 29.5. The normalized spacial score (nSPS) is 39.7. The van der Waals surface area contributed by atoms with Crippen molar-refractivity contribution >= 4 is 18.1 Å². The van der Waals surface area contributed by atoms with Crippen molar-refractivity contribution in [2.24, 2.45) is 16.8 Å². The third-order valence-electron chi connectivity index (χ3n) is 13.3. The van der Waals surface area contributed by atoms with Crippen molar-refractivity contribution in [1.29, 1.82) is 0 Å². The predicted molar refractivity (Wildman–Crippen MR) is 183 cm³/mol. The van der Waals surface area contributed by atoms with Crippen molar-refractivity contribution in [1.82, 2.24) is 20.4 Å². The Bertz CT molecular complexity index is 1550. The Balaban J connectivity index is 1.15. The van der Waals surface area contributed by atoms with Gasteiger partial charge in [0, 0.05) is 23.9 Å². The lowest BCUT2D eigenvalue weighted by atomic mass is 9.26. The fraction of sp³-hybridized carbons (Fsp3) is 0.513. The van der Waals surface area contributed by atoms with E-state index < -0.39 is 0 Å². The van der Waals surface area contributed by atoms with Gasteiger partial charge >= 0.3 is 0 Å². The van der Waals surface area contributed by atoms with Gasteiger partial charge in [0.2, 0.25) is 6.71 Å². The number of hydrogen-bond acceptors (Lipinski definition) is 5. The molecule has 7 aliphatic rings. The van der Waals surface area contributed by atoms with Crippen LogP contribution in [0.4, 0.5) is 0 Å². The Hall–Kier alpha value is -3.09. The minimum Gasteiger partial charge on any atom is -0.334 e. The number of piperazine rings is 1. The van der Waals surface area contributed by atoms with Crippen LogP contribution in [0.1, 0.15) is 81.0 Å². The van der Waals surface area contributed by atoms with E-state index in [4.69, 9.17) is 4.99 Å². The molecule has 0 aromatic heterocycles. The molecule has 0 radical (unpaired) electrons. The van der Waals surface area contributed by atoms with E-state index in [0.29, 0.717) is 36.7 Å². The van der Waals surface area contributed by atoms with Gasteiger partial charge < -0.3 is 15.1 Å². The number of nitrogens with one attached hydrogen (secondary N) is 2. The lowest BCUT2D eigenvalue weighted by Crippen LogP contribution is -2.83. The molecule has 6 heteroatoms. The van der Waals surface area contributed by atoms with Crippen LogP contribution in [0.2, 0.25) is 5.82 Å². The molecular formula is C39H46BN5. The predicted octanol–water partition coefficient (Wildman–Crippen LogP) is 5.93. The van der Waals surface area contributed by atoms with Gasteiger partial charge in [-0.3, -0.25) is 5.32 Å². The van der Waals surface area contributed by atoms with Gasteiger partial charge in [0.05, 0.1) is 30.3 Å². The summed E-state index contributed by atoms with van der Waals surface area (Å²) >= 11 is 0. The molecule has 5 nitrogen and oxygen atoms in total. The third kappa shape index (κ3) is 4.10. The number of guanidine groups is 1. The lowest BCUT2D eigenvalue weighted by Gasteiger charge is -2.68. The maximum Gasteiger partial charge on any atom is 0.204 e. The monoisotopic (exact) mass is 595 g/mol. The SMILES string of the molecule is c1ccc(B2C3CCC4CCCC5C4C3N(C3=NC4CCCCC4N35)C3NC(c4ccccc4)C(c4ccccc4)NC23)cc1. The minimum absolute atomic E-state index is 0.170. The molecule has 230 valence electrons. The molecule has 3 saturated heterocycles. The number of nitrogens with zero attached hydrogens (tertiary/aromatic N) is 3. The molecule has 3 aliphatic carbocycles. The molecule has 3 aromatic carbocycles. The topological polar surface area (TPSA) is 42.9 Å². The van der Waals surface area contributed by atoms with E-state index >= 15 is 0 Å². The van der Waals surface area contributed by atoms with Crippen molar-refractivity contribution in [3.05, 3.63) is 102 Å². The molecule has 2 N–H and O–H groups in total. The molecule has 0 bridgehead atoms. The molecule has 4 heterocycles. The summed E-state index contributed by atoms with van der Waals surface area (Å²) in [4.78, 5) is 11.6. The highest BCUT2D eigenvalue weighted by molar-refractivity contribution is 6.76. The first-order valence-corrected chi connectivity index (χ1v) is 18.2. The van der Waals surface area contributed by atoms with E-state index in [0.717, 1.165) is 11.8 Å². The summed E-state index contributed by atoms with van der Waals surface area (Å²) in [6.45, 7) is 0.465. The second-order valence-electron chi connectivity index (χ2n) is 15.2. The highest BCUT2D eigenvalue weighted by Crippen LogP contribution is 2.57. The number of hydrogen-bond donors (Lipinski definition) is 2. The number of fused-ring (bicyclic) bond motifs is 7. The minimum atomic E-state index is 0.170. The molecule has 10 rings (SSSR count). The van der Waals surface area contributed by atoms with Gasteiger partial charge in [-0.2, -0.15) is 0 Å². The highest BCUT2D eigenvalue weighted by Gasteiger charge is 2.65. The second-order valence-corrected chi connectivity index (χ2v) is 15.2. The molecule has 0 spiro atoms. The zero-order valence-electron chi connectivity index (χ0n) is 26.3. The highest BCUT2D eigenvalue weighted by atomic mass is 15.5. The van der Waals surface area contributed by atoms with Crippen LogP contribution in [0, 0.1) is 11.8 Å². The Morgan fingerprint density at radius 1 is 0.622 bits per heavy atom. The van der Waals surface area contributed by atoms with E-state index in [1.54, 1.807) is 0 Å². The quantitative estimate of drug-likeness (QED) is 0.369. The van der Waals surface area contributed by atoms with Crippen molar-refractivity contribution in [2.75, 3.05) is 0 Å². The van der Waals surface area contributed by atoms with Crippen LogP contribution in [0.5, 0.6) is 0 Å². The number of benzene rings is 3. The molecule has 0 amide bonds. The van der Waals surface area contributed by atoms with Gasteiger partial charge in [-0.05, 0) is 48.5 Å². The van der Waals surface area contributed by atoms with Gasteiger partial charge in [-0.15, -0.1) is 0 Å². The molecular weight excluding hydrogens is 549 g/mol. The maximum absolute atomic E-state index is 5.76. The lowest BCUT2D eigenvalue weighted by molar-refractivity contribution is -0.0644. The average Bonchev–Trinajstić information content (AvgIpc) is 3.51. The fourth-order valence-electron chi connectivity index (χ4n) is 11.7. The van der Waals surface area contributed by atoms with E-state index in [-0.39, 0.29) is 24.2 Å². The molecule has 6 fully saturated rings. The first-order valence-electron chi connectivity index (χ1n) is 18.2. The van der Waals surface area contributed by atoms with Crippen LogP contribution in [0.15, 0.2) is 96.0 Å².